The Bertz CT molecular complexity index is 414. The number of rotatable bonds is 0. The molecule has 1 aliphatic carbocycles. The summed E-state index contributed by atoms with van der Waals surface area (Å²) in [6, 6.07) is 0. The standard InChI is InChI=1S/C14H20O3/c1-13(2,3)8-7-9(15)10(14(4,5)6)12(17)11(8)16/h7,10H,1-6H3. The van der Waals surface area contributed by atoms with Gasteiger partial charge in [0, 0.05) is 5.57 Å². The van der Waals surface area contributed by atoms with Crippen LogP contribution < -0.4 is 0 Å². The Hall–Kier alpha value is -1.25. The van der Waals surface area contributed by atoms with E-state index in [2.05, 4.69) is 0 Å². The van der Waals surface area contributed by atoms with Crippen molar-refractivity contribution in [1.29, 1.82) is 0 Å². The van der Waals surface area contributed by atoms with Crippen molar-refractivity contribution in [2.75, 3.05) is 0 Å². The van der Waals surface area contributed by atoms with Crippen molar-refractivity contribution < 1.29 is 14.4 Å². The van der Waals surface area contributed by atoms with Crippen LogP contribution in [0.3, 0.4) is 0 Å². The first kappa shape index (κ1) is 13.8. The fraction of sp³-hybridized carbons (Fsp3) is 0.643. The summed E-state index contributed by atoms with van der Waals surface area (Å²) in [5, 5.41) is 0. The Kier molecular flexibility index (Phi) is 3.17. The molecule has 1 unspecified atom stereocenters. The van der Waals surface area contributed by atoms with Crippen LogP contribution in [0.2, 0.25) is 0 Å². The van der Waals surface area contributed by atoms with Crippen molar-refractivity contribution in [2.45, 2.75) is 41.5 Å². The SMILES string of the molecule is CC(C)(C)C1=CC(=O)C(C(C)(C)C)C(=O)C1=O. The number of carbonyl (C=O) groups excluding carboxylic acids is 3. The number of allylic oxidation sites excluding steroid dienone is 2. The third-order valence-corrected chi connectivity index (χ3v) is 2.98. The minimum Gasteiger partial charge on any atom is -0.294 e. The van der Waals surface area contributed by atoms with Crippen LogP contribution in [-0.2, 0) is 14.4 Å². The van der Waals surface area contributed by atoms with Crippen LogP contribution >= 0.6 is 0 Å². The highest BCUT2D eigenvalue weighted by Gasteiger charge is 2.45. The van der Waals surface area contributed by atoms with Crippen LogP contribution in [0.5, 0.6) is 0 Å². The Balaban J connectivity index is 3.29. The highest BCUT2D eigenvalue weighted by molar-refractivity contribution is 6.50. The molecule has 0 fully saturated rings. The molecule has 0 amide bonds. The van der Waals surface area contributed by atoms with Gasteiger partial charge in [-0.3, -0.25) is 14.4 Å². The molecule has 0 aliphatic heterocycles. The Morgan fingerprint density at radius 3 is 1.76 bits per heavy atom. The van der Waals surface area contributed by atoms with Gasteiger partial charge in [-0.25, -0.2) is 0 Å². The van der Waals surface area contributed by atoms with Gasteiger partial charge in [0.15, 0.2) is 5.78 Å². The smallest absolute Gasteiger partial charge is 0.226 e. The Labute approximate surface area is 102 Å². The quantitative estimate of drug-likeness (QED) is 0.479. The predicted molar refractivity (Wildman–Crippen MR) is 65.5 cm³/mol. The van der Waals surface area contributed by atoms with Gasteiger partial charge >= 0.3 is 0 Å². The van der Waals surface area contributed by atoms with E-state index in [4.69, 9.17) is 0 Å². The third-order valence-electron chi connectivity index (χ3n) is 2.98. The summed E-state index contributed by atoms with van der Waals surface area (Å²) in [6.45, 7) is 10.9. The molecule has 3 heteroatoms. The third kappa shape index (κ3) is 2.54. The Morgan fingerprint density at radius 2 is 1.41 bits per heavy atom. The van der Waals surface area contributed by atoms with Gasteiger partial charge in [-0.15, -0.1) is 0 Å². The summed E-state index contributed by atoms with van der Waals surface area (Å²) in [7, 11) is 0. The van der Waals surface area contributed by atoms with E-state index in [1.165, 1.54) is 6.08 Å². The van der Waals surface area contributed by atoms with Gasteiger partial charge in [0.05, 0.1) is 5.92 Å². The van der Waals surface area contributed by atoms with E-state index in [9.17, 15) is 14.4 Å². The molecule has 0 aromatic carbocycles. The molecule has 0 aromatic heterocycles. The van der Waals surface area contributed by atoms with E-state index >= 15 is 0 Å². The van der Waals surface area contributed by atoms with E-state index in [-0.39, 0.29) is 5.78 Å². The largest absolute Gasteiger partial charge is 0.294 e. The number of Topliss-reactive ketones (excluding diaryl/α,β-unsaturated/α-hetero) is 2. The van der Waals surface area contributed by atoms with Crippen LogP contribution in [0, 0.1) is 16.7 Å². The summed E-state index contributed by atoms with van der Waals surface area (Å²) in [5.41, 5.74) is -0.650. The van der Waals surface area contributed by atoms with Crippen LogP contribution in [0.1, 0.15) is 41.5 Å². The van der Waals surface area contributed by atoms with Gasteiger partial charge in [-0.05, 0) is 16.9 Å². The van der Waals surface area contributed by atoms with E-state index in [0.717, 1.165) is 0 Å². The van der Waals surface area contributed by atoms with Gasteiger partial charge in [0.25, 0.3) is 0 Å². The zero-order valence-corrected chi connectivity index (χ0v) is 11.4. The highest BCUT2D eigenvalue weighted by atomic mass is 16.2. The number of hydrogen-bond acceptors (Lipinski definition) is 3. The molecule has 0 bridgehead atoms. The minimum absolute atomic E-state index is 0.243. The van der Waals surface area contributed by atoms with E-state index in [1.807, 2.05) is 20.8 Å². The lowest BCUT2D eigenvalue weighted by Gasteiger charge is -2.32. The molecule has 3 nitrogen and oxygen atoms in total. The Morgan fingerprint density at radius 1 is 0.941 bits per heavy atom. The minimum atomic E-state index is -0.832. The second kappa shape index (κ2) is 3.90. The van der Waals surface area contributed by atoms with Crippen LogP contribution in [0.4, 0.5) is 0 Å². The fourth-order valence-electron chi connectivity index (χ4n) is 2.06. The lowest BCUT2D eigenvalue weighted by atomic mass is 9.67. The summed E-state index contributed by atoms with van der Waals surface area (Å²) < 4.78 is 0. The van der Waals surface area contributed by atoms with Crippen molar-refractivity contribution in [2.24, 2.45) is 16.7 Å². The number of carbonyl (C=O) groups is 3. The topological polar surface area (TPSA) is 51.2 Å². The monoisotopic (exact) mass is 236 g/mol. The fourth-order valence-corrected chi connectivity index (χ4v) is 2.06. The lowest BCUT2D eigenvalue weighted by Crippen LogP contribution is -2.44. The molecule has 94 valence electrons. The summed E-state index contributed by atoms with van der Waals surface area (Å²) in [4.78, 5) is 36.0. The normalized spacial score (nSPS) is 22.8. The molecular formula is C14H20O3. The van der Waals surface area contributed by atoms with E-state index in [0.29, 0.717) is 5.57 Å². The number of hydrogen-bond donors (Lipinski definition) is 0. The molecule has 0 saturated carbocycles. The molecule has 17 heavy (non-hydrogen) atoms. The first-order valence-corrected chi connectivity index (χ1v) is 5.81. The van der Waals surface area contributed by atoms with Gasteiger partial charge < -0.3 is 0 Å². The molecule has 0 aromatic rings. The molecule has 1 aliphatic rings. The van der Waals surface area contributed by atoms with Gasteiger partial charge in [-0.2, -0.15) is 0 Å². The average molecular weight is 236 g/mol. The molecule has 0 heterocycles. The molecule has 0 N–H and O–H groups in total. The molecule has 1 atom stereocenters. The van der Waals surface area contributed by atoms with E-state index in [1.54, 1.807) is 20.8 Å². The van der Waals surface area contributed by atoms with E-state index < -0.39 is 28.3 Å². The van der Waals surface area contributed by atoms with Crippen molar-refractivity contribution >= 4 is 17.3 Å². The maximum Gasteiger partial charge on any atom is 0.226 e. The zero-order valence-electron chi connectivity index (χ0n) is 11.4. The molecule has 1 rings (SSSR count). The van der Waals surface area contributed by atoms with Crippen molar-refractivity contribution in [3.8, 4) is 0 Å². The maximum absolute atomic E-state index is 12.0. The van der Waals surface area contributed by atoms with Gasteiger partial charge in [-0.1, -0.05) is 41.5 Å². The summed E-state index contributed by atoms with van der Waals surface area (Å²) >= 11 is 0. The second-order valence-corrected chi connectivity index (χ2v) is 6.70. The summed E-state index contributed by atoms with van der Waals surface area (Å²) in [6.07, 6.45) is 1.36. The highest BCUT2D eigenvalue weighted by Crippen LogP contribution is 2.36. The molecule has 0 saturated heterocycles. The van der Waals surface area contributed by atoms with Crippen LogP contribution in [-0.4, -0.2) is 17.3 Å². The molecule has 0 radical (unpaired) electrons. The maximum atomic E-state index is 12.0. The zero-order chi connectivity index (χ0) is 13.6. The second-order valence-electron chi connectivity index (χ2n) is 6.70. The van der Waals surface area contributed by atoms with Crippen molar-refractivity contribution in [3.63, 3.8) is 0 Å². The van der Waals surface area contributed by atoms with Crippen LogP contribution in [0.25, 0.3) is 0 Å². The van der Waals surface area contributed by atoms with Gasteiger partial charge in [0.1, 0.15) is 0 Å². The lowest BCUT2D eigenvalue weighted by molar-refractivity contribution is -0.144. The van der Waals surface area contributed by atoms with Crippen molar-refractivity contribution in [1.82, 2.24) is 0 Å². The van der Waals surface area contributed by atoms with Crippen LogP contribution in [0.15, 0.2) is 11.6 Å². The molecule has 0 spiro atoms. The summed E-state index contributed by atoms with van der Waals surface area (Å²) in [5.74, 6) is -2.14. The average Bonchev–Trinajstić information content (AvgIpc) is 2.07. The first-order chi connectivity index (χ1) is 7.46. The molecular weight excluding hydrogens is 216 g/mol. The number of ketones is 3. The predicted octanol–water partition coefficient (Wildman–Crippen LogP) is 2.34. The van der Waals surface area contributed by atoms with Crippen molar-refractivity contribution in [3.05, 3.63) is 11.6 Å². The van der Waals surface area contributed by atoms with Gasteiger partial charge in [0.2, 0.25) is 11.6 Å². The first-order valence-electron chi connectivity index (χ1n) is 5.81.